The molecule has 0 spiro atoms. The van der Waals surface area contributed by atoms with E-state index in [9.17, 15) is 22.8 Å². The zero-order chi connectivity index (χ0) is 16.0. The van der Waals surface area contributed by atoms with Crippen LogP contribution in [-0.2, 0) is 17.5 Å². The molecule has 0 aliphatic carbocycles. The molecule has 0 fully saturated rings. The van der Waals surface area contributed by atoms with Crippen molar-refractivity contribution in [3.05, 3.63) is 35.4 Å². The van der Waals surface area contributed by atoms with Gasteiger partial charge in [-0.1, -0.05) is 12.1 Å². The van der Waals surface area contributed by atoms with Crippen LogP contribution in [0.4, 0.5) is 18.0 Å². The van der Waals surface area contributed by atoms with Crippen LogP contribution in [0.25, 0.3) is 0 Å². The minimum absolute atomic E-state index is 0.0531. The Hall–Kier alpha value is -2.25. The van der Waals surface area contributed by atoms with E-state index >= 15 is 0 Å². The maximum Gasteiger partial charge on any atom is 0.416 e. The highest BCUT2D eigenvalue weighted by molar-refractivity contribution is 5.86. The summed E-state index contributed by atoms with van der Waals surface area (Å²) in [6.45, 7) is 1.42. The molecule has 0 unspecified atom stereocenters. The molecular formula is C13H16F3N3O2. The Labute approximate surface area is 119 Å². The predicted octanol–water partition coefficient (Wildman–Crippen LogP) is 1.64. The van der Waals surface area contributed by atoms with E-state index in [1.807, 2.05) is 0 Å². The fourth-order valence-electron chi connectivity index (χ4n) is 1.53. The number of nitrogens with one attached hydrogen (secondary N) is 3. The van der Waals surface area contributed by atoms with Crippen LogP contribution in [0.2, 0.25) is 0 Å². The van der Waals surface area contributed by atoms with Crippen LogP contribution in [0.15, 0.2) is 24.3 Å². The molecule has 116 valence electrons. The lowest BCUT2D eigenvalue weighted by Crippen LogP contribution is -2.47. The number of hydrogen-bond acceptors (Lipinski definition) is 2. The van der Waals surface area contributed by atoms with E-state index < -0.39 is 29.7 Å². The Balaban J connectivity index is 2.59. The molecule has 0 heterocycles. The number of carbonyl (C=O) groups is 2. The van der Waals surface area contributed by atoms with Crippen molar-refractivity contribution in [2.75, 3.05) is 7.05 Å². The first-order valence-corrected chi connectivity index (χ1v) is 6.16. The number of amides is 3. The second-order valence-corrected chi connectivity index (χ2v) is 4.36. The first kappa shape index (κ1) is 16.8. The van der Waals surface area contributed by atoms with Crippen LogP contribution < -0.4 is 16.0 Å². The molecule has 0 bridgehead atoms. The van der Waals surface area contributed by atoms with Crippen LogP contribution in [0, 0.1) is 0 Å². The van der Waals surface area contributed by atoms with Crippen LogP contribution >= 0.6 is 0 Å². The zero-order valence-electron chi connectivity index (χ0n) is 11.5. The summed E-state index contributed by atoms with van der Waals surface area (Å²) in [6, 6.07) is 3.37. The number of urea groups is 1. The SMILES string of the molecule is CNC(=O)N[C@H](C)C(=O)NCc1cccc(C(F)(F)F)c1. The Morgan fingerprint density at radius 2 is 1.95 bits per heavy atom. The van der Waals surface area contributed by atoms with Crippen molar-refractivity contribution >= 4 is 11.9 Å². The number of alkyl halides is 3. The summed E-state index contributed by atoms with van der Waals surface area (Å²) in [4.78, 5) is 22.7. The summed E-state index contributed by atoms with van der Waals surface area (Å²) < 4.78 is 37.6. The Bertz CT molecular complexity index is 518. The van der Waals surface area contributed by atoms with Gasteiger partial charge in [0.25, 0.3) is 0 Å². The van der Waals surface area contributed by atoms with E-state index in [4.69, 9.17) is 0 Å². The molecule has 3 amide bonds. The number of rotatable bonds is 4. The van der Waals surface area contributed by atoms with E-state index in [0.717, 1.165) is 12.1 Å². The van der Waals surface area contributed by atoms with Crippen LogP contribution in [-0.4, -0.2) is 25.0 Å². The van der Waals surface area contributed by atoms with Gasteiger partial charge in [0, 0.05) is 13.6 Å². The fourth-order valence-corrected chi connectivity index (χ4v) is 1.53. The largest absolute Gasteiger partial charge is 0.416 e. The molecule has 0 aliphatic rings. The van der Waals surface area contributed by atoms with Gasteiger partial charge >= 0.3 is 12.2 Å². The van der Waals surface area contributed by atoms with Crippen molar-refractivity contribution in [1.29, 1.82) is 0 Å². The van der Waals surface area contributed by atoms with Crippen LogP contribution in [0.3, 0.4) is 0 Å². The summed E-state index contributed by atoms with van der Waals surface area (Å²) in [7, 11) is 1.41. The Morgan fingerprint density at radius 1 is 1.29 bits per heavy atom. The summed E-state index contributed by atoms with van der Waals surface area (Å²) in [5, 5.41) is 7.11. The molecule has 21 heavy (non-hydrogen) atoms. The smallest absolute Gasteiger partial charge is 0.350 e. The van der Waals surface area contributed by atoms with Gasteiger partial charge in [0.1, 0.15) is 6.04 Å². The van der Waals surface area contributed by atoms with E-state index in [0.29, 0.717) is 5.56 Å². The van der Waals surface area contributed by atoms with Gasteiger partial charge in [0.15, 0.2) is 0 Å². The Morgan fingerprint density at radius 3 is 2.52 bits per heavy atom. The maximum absolute atomic E-state index is 12.5. The summed E-state index contributed by atoms with van der Waals surface area (Å²) in [5.41, 5.74) is -0.448. The average Bonchev–Trinajstić information content (AvgIpc) is 2.43. The topological polar surface area (TPSA) is 70.2 Å². The molecule has 0 aromatic heterocycles. The molecule has 1 aromatic rings. The normalized spacial score (nSPS) is 12.4. The molecule has 0 radical (unpaired) electrons. The standard InChI is InChI=1S/C13H16F3N3O2/c1-8(19-12(21)17-2)11(20)18-7-9-4-3-5-10(6-9)13(14,15)16/h3-6,8H,7H2,1-2H3,(H,18,20)(H2,17,19,21)/t8-/m1/s1. The second-order valence-electron chi connectivity index (χ2n) is 4.36. The van der Waals surface area contributed by atoms with Crippen LogP contribution in [0.1, 0.15) is 18.1 Å². The first-order chi connectivity index (χ1) is 9.74. The quantitative estimate of drug-likeness (QED) is 0.791. The summed E-state index contributed by atoms with van der Waals surface area (Å²) >= 11 is 0. The lowest BCUT2D eigenvalue weighted by molar-refractivity contribution is -0.137. The van der Waals surface area contributed by atoms with Crippen molar-refractivity contribution in [3.8, 4) is 0 Å². The molecule has 0 aliphatic heterocycles. The van der Waals surface area contributed by atoms with E-state index in [2.05, 4.69) is 16.0 Å². The third-order valence-electron chi connectivity index (χ3n) is 2.69. The van der Waals surface area contributed by atoms with Crippen molar-refractivity contribution in [3.63, 3.8) is 0 Å². The van der Waals surface area contributed by atoms with Gasteiger partial charge < -0.3 is 16.0 Å². The molecular weight excluding hydrogens is 287 g/mol. The van der Waals surface area contributed by atoms with Crippen molar-refractivity contribution in [2.24, 2.45) is 0 Å². The van der Waals surface area contributed by atoms with E-state index in [1.54, 1.807) is 0 Å². The molecule has 0 saturated carbocycles. The molecule has 8 heteroatoms. The van der Waals surface area contributed by atoms with E-state index in [-0.39, 0.29) is 6.54 Å². The summed E-state index contributed by atoms with van der Waals surface area (Å²) in [6.07, 6.45) is -4.42. The number of halogens is 3. The maximum atomic E-state index is 12.5. The molecule has 1 atom stereocenters. The van der Waals surface area contributed by atoms with Gasteiger partial charge in [0.2, 0.25) is 5.91 Å². The van der Waals surface area contributed by atoms with Gasteiger partial charge in [-0.25, -0.2) is 4.79 Å². The summed E-state index contributed by atoms with van der Waals surface area (Å²) in [5.74, 6) is -0.490. The fraction of sp³-hybridized carbons (Fsp3) is 0.385. The number of hydrogen-bond donors (Lipinski definition) is 3. The van der Waals surface area contributed by atoms with Crippen molar-refractivity contribution in [1.82, 2.24) is 16.0 Å². The molecule has 3 N–H and O–H groups in total. The van der Waals surface area contributed by atoms with Gasteiger partial charge in [-0.3, -0.25) is 4.79 Å². The van der Waals surface area contributed by atoms with Gasteiger partial charge in [0.05, 0.1) is 5.56 Å². The molecule has 0 saturated heterocycles. The van der Waals surface area contributed by atoms with Gasteiger partial charge in [-0.2, -0.15) is 13.2 Å². The monoisotopic (exact) mass is 303 g/mol. The molecule has 5 nitrogen and oxygen atoms in total. The minimum atomic E-state index is -4.42. The molecule has 1 rings (SSSR count). The third-order valence-corrected chi connectivity index (χ3v) is 2.69. The van der Waals surface area contributed by atoms with Gasteiger partial charge in [-0.15, -0.1) is 0 Å². The Kier molecular flexibility index (Phi) is 5.57. The van der Waals surface area contributed by atoms with Crippen LogP contribution in [0.5, 0.6) is 0 Å². The lowest BCUT2D eigenvalue weighted by Gasteiger charge is -2.14. The zero-order valence-corrected chi connectivity index (χ0v) is 11.5. The van der Waals surface area contributed by atoms with E-state index in [1.165, 1.54) is 26.1 Å². The minimum Gasteiger partial charge on any atom is -0.350 e. The highest BCUT2D eigenvalue weighted by atomic mass is 19.4. The van der Waals surface area contributed by atoms with Gasteiger partial charge in [-0.05, 0) is 24.6 Å². The average molecular weight is 303 g/mol. The first-order valence-electron chi connectivity index (χ1n) is 6.16. The van der Waals surface area contributed by atoms with Crippen molar-refractivity contribution in [2.45, 2.75) is 25.7 Å². The highest BCUT2D eigenvalue weighted by Crippen LogP contribution is 2.29. The van der Waals surface area contributed by atoms with Crippen molar-refractivity contribution < 1.29 is 22.8 Å². The number of carbonyl (C=O) groups excluding carboxylic acids is 2. The lowest BCUT2D eigenvalue weighted by atomic mass is 10.1. The second kappa shape index (κ2) is 6.96. The predicted molar refractivity (Wildman–Crippen MR) is 70.3 cm³/mol. The molecule has 1 aromatic carbocycles. The third kappa shape index (κ3) is 5.33. The highest BCUT2D eigenvalue weighted by Gasteiger charge is 2.30. The number of benzene rings is 1.